The van der Waals surface area contributed by atoms with Crippen LogP contribution in [0.4, 0.5) is 0 Å². The molecule has 0 radical (unpaired) electrons. The van der Waals surface area contributed by atoms with Gasteiger partial charge in [0.2, 0.25) is 0 Å². The predicted octanol–water partition coefficient (Wildman–Crippen LogP) is 2.54. The van der Waals surface area contributed by atoms with Crippen LogP contribution in [0.3, 0.4) is 0 Å². The Morgan fingerprint density at radius 1 is 1.32 bits per heavy atom. The highest BCUT2D eigenvalue weighted by molar-refractivity contribution is 5.85. The number of ether oxygens (including phenoxy) is 2. The van der Waals surface area contributed by atoms with Gasteiger partial charge in [-0.1, -0.05) is 0 Å². The Hall–Kier alpha value is -1.52. The van der Waals surface area contributed by atoms with Crippen LogP contribution in [0.2, 0.25) is 0 Å². The number of hydrogen-bond acceptors (Lipinski definition) is 3. The molecule has 1 saturated heterocycles. The van der Waals surface area contributed by atoms with Gasteiger partial charge in [-0.2, -0.15) is 0 Å². The monoisotopic (exact) mass is 260 g/mol. The molecule has 1 aliphatic rings. The Bertz CT molecular complexity index is 569. The van der Waals surface area contributed by atoms with Crippen molar-refractivity contribution in [3.05, 3.63) is 29.5 Å². The molecular formula is C15H20N2O2. The summed E-state index contributed by atoms with van der Waals surface area (Å²) in [7, 11) is 1.70. The van der Waals surface area contributed by atoms with Gasteiger partial charge in [0.05, 0.1) is 19.8 Å². The lowest BCUT2D eigenvalue weighted by Gasteiger charge is -2.14. The number of H-pyrrole nitrogens is 1. The number of aryl methyl sites for hydroxylation is 1. The Labute approximate surface area is 113 Å². The van der Waals surface area contributed by atoms with Crippen LogP contribution in [0.15, 0.2) is 18.2 Å². The average Bonchev–Trinajstić information content (AvgIpc) is 2.64. The molecular weight excluding hydrogens is 240 g/mol. The molecule has 4 heteroatoms. The van der Waals surface area contributed by atoms with Crippen molar-refractivity contribution in [2.45, 2.75) is 19.4 Å². The van der Waals surface area contributed by atoms with Gasteiger partial charge in [-0.05, 0) is 43.7 Å². The van der Waals surface area contributed by atoms with Gasteiger partial charge in [-0.3, -0.25) is 0 Å². The molecule has 1 unspecified atom stereocenters. The molecule has 4 nitrogen and oxygen atoms in total. The van der Waals surface area contributed by atoms with Crippen molar-refractivity contribution in [3.8, 4) is 5.75 Å². The number of aromatic nitrogens is 1. The molecule has 0 spiro atoms. The van der Waals surface area contributed by atoms with Crippen LogP contribution in [0, 0.1) is 6.92 Å². The van der Waals surface area contributed by atoms with E-state index in [9.17, 15) is 0 Å². The zero-order valence-electron chi connectivity index (χ0n) is 11.5. The summed E-state index contributed by atoms with van der Waals surface area (Å²) in [5, 5.41) is 4.58. The second kappa shape index (κ2) is 5.23. The third-order valence-electron chi connectivity index (χ3n) is 3.81. The van der Waals surface area contributed by atoms with Gasteiger partial charge in [0.25, 0.3) is 0 Å². The van der Waals surface area contributed by atoms with E-state index < -0.39 is 0 Å². The molecule has 0 amide bonds. The summed E-state index contributed by atoms with van der Waals surface area (Å²) in [6.45, 7) is 4.85. The summed E-state index contributed by atoms with van der Waals surface area (Å²) in [6, 6.07) is 6.14. The normalized spacial score (nSPS) is 20.4. The maximum atomic E-state index is 5.93. The van der Waals surface area contributed by atoms with Crippen molar-refractivity contribution in [3.63, 3.8) is 0 Å². The Kier molecular flexibility index (Phi) is 3.44. The summed E-state index contributed by atoms with van der Waals surface area (Å²) in [5.74, 6) is 0.893. The van der Waals surface area contributed by atoms with Crippen LogP contribution in [0.5, 0.6) is 5.75 Å². The lowest BCUT2D eigenvalue weighted by Crippen LogP contribution is -2.16. The van der Waals surface area contributed by atoms with Crippen molar-refractivity contribution >= 4 is 10.9 Å². The van der Waals surface area contributed by atoms with E-state index in [2.05, 4.69) is 29.4 Å². The molecule has 0 saturated carbocycles. The van der Waals surface area contributed by atoms with Crippen molar-refractivity contribution in [1.29, 1.82) is 0 Å². The molecule has 0 bridgehead atoms. The van der Waals surface area contributed by atoms with Gasteiger partial charge in [0, 0.05) is 23.1 Å². The fourth-order valence-corrected chi connectivity index (χ4v) is 2.72. The predicted molar refractivity (Wildman–Crippen MR) is 75.8 cm³/mol. The Balaban J connectivity index is 2.01. The molecule has 102 valence electrons. The fourth-order valence-electron chi connectivity index (χ4n) is 2.72. The molecule has 2 heterocycles. The van der Waals surface area contributed by atoms with Crippen LogP contribution in [0.25, 0.3) is 10.9 Å². The van der Waals surface area contributed by atoms with E-state index in [4.69, 9.17) is 9.47 Å². The molecule has 1 aromatic heterocycles. The van der Waals surface area contributed by atoms with Crippen molar-refractivity contribution in [1.82, 2.24) is 10.3 Å². The van der Waals surface area contributed by atoms with E-state index in [1.807, 2.05) is 6.07 Å². The molecule has 1 atom stereocenters. The Morgan fingerprint density at radius 3 is 3.05 bits per heavy atom. The summed E-state index contributed by atoms with van der Waals surface area (Å²) in [4.78, 5) is 3.50. The highest BCUT2D eigenvalue weighted by atomic mass is 16.5. The Morgan fingerprint density at radius 2 is 2.21 bits per heavy atom. The van der Waals surface area contributed by atoms with E-state index in [0.717, 1.165) is 37.4 Å². The van der Waals surface area contributed by atoms with Gasteiger partial charge in [-0.15, -0.1) is 0 Å². The number of nitrogens with one attached hydrogen (secondary N) is 2. The quantitative estimate of drug-likeness (QED) is 0.872. The fraction of sp³-hybridized carbons (Fsp3) is 0.467. The van der Waals surface area contributed by atoms with E-state index >= 15 is 0 Å². The third kappa shape index (κ3) is 2.33. The van der Waals surface area contributed by atoms with Gasteiger partial charge >= 0.3 is 0 Å². The van der Waals surface area contributed by atoms with Crippen molar-refractivity contribution < 1.29 is 9.47 Å². The van der Waals surface area contributed by atoms with Crippen molar-refractivity contribution in [2.75, 3.05) is 26.8 Å². The minimum Gasteiger partial charge on any atom is -0.497 e. The maximum Gasteiger partial charge on any atom is 0.119 e. The summed E-state index contributed by atoms with van der Waals surface area (Å²) < 4.78 is 11.2. The van der Waals surface area contributed by atoms with Crippen molar-refractivity contribution in [2.24, 2.45) is 0 Å². The molecule has 3 rings (SSSR count). The highest BCUT2D eigenvalue weighted by Gasteiger charge is 2.20. The first-order valence-electron chi connectivity index (χ1n) is 6.78. The van der Waals surface area contributed by atoms with Crippen LogP contribution < -0.4 is 10.1 Å². The smallest absolute Gasteiger partial charge is 0.119 e. The van der Waals surface area contributed by atoms with Gasteiger partial charge in [0.15, 0.2) is 0 Å². The van der Waals surface area contributed by atoms with Gasteiger partial charge in [-0.25, -0.2) is 0 Å². The molecule has 2 N–H and O–H groups in total. The van der Waals surface area contributed by atoms with Crippen LogP contribution in [-0.2, 0) is 4.74 Å². The molecule has 1 fully saturated rings. The average molecular weight is 260 g/mol. The van der Waals surface area contributed by atoms with Gasteiger partial charge in [0.1, 0.15) is 5.75 Å². The first-order chi connectivity index (χ1) is 9.29. The summed E-state index contributed by atoms with van der Waals surface area (Å²) >= 11 is 0. The molecule has 19 heavy (non-hydrogen) atoms. The van der Waals surface area contributed by atoms with E-state index in [-0.39, 0.29) is 6.10 Å². The third-order valence-corrected chi connectivity index (χ3v) is 3.81. The number of hydrogen-bond donors (Lipinski definition) is 2. The molecule has 2 aromatic rings. The topological polar surface area (TPSA) is 46.3 Å². The zero-order chi connectivity index (χ0) is 13.2. The lowest BCUT2D eigenvalue weighted by molar-refractivity contribution is 0.0615. The second-order valence-electron chi connectivity index (χ2n) is 4.97. The van der Waals surface area contributed by atoms with Crippen LogP contribution in [0.1, 0.15) is 23.8 Å². The molecule has 0 aliphatic carbocycles. The maximum absolute atomic E-state index is 5.93. The summed E-state index contributed by atoms with van der Waals surface area (Å²) in [5.41, 5.74) is 3.61. The number of rotatable bonds is 2. The largest absolute Gasteiger partial charge is 0.497 e. The molecule has 1 aromatic carbocycles. The van der Waals surface area contributed by atoms with Gasteiger partial charge < -0.3 is 19.8 Å². The van der Waals surface area contributed by atoms with E-state index in [1.165, 1.54) is 16.6 Å². The minimum absolute atomic E-state index is 0.161. The highest BCUT2D eigenvalue weighted by Crippen LogP contribution is 2.32. The zero-order valence-corrected chi connectivity index (χ0v) is 11.5. The second-order valence-corrected chi connectivity index (χ2v) is 4.97. The van der Waals surface area contributed by atoms with E-state index in [1.54, 1.807) is 7.11 Å². The van der Waals surface area contributed by atoms with Crippen LogP contribution >= 0.6 is 0 Å². The minimum atomic E-state index is 0.161. The van der Waals surface area contributed by atoms with E-state index in [0.29, 0.717) is 0 Å². The number of benzene rings is 1. The number of methoxy groups -OCH3 is 1. The first-order valence-corrected chi connectivity index (χ1v) is 6.78. The SMILES string of the molecule is COc1ccc2[nH]c(C3CCNCCO3)c(C)c2c1. The molecule has 1 aliphatic heterocycles. The first kappa shape index (κ1) is 12.5. The van der Waals surface area contributed by atoms with Crippen LogP contribution in [-0.4, -0.2) is 31.8 Å². The summed E-state index contributed by atoms with van der Waals surface area (Å²) in [6.07, 6.45) is 1.17. The lowest BCUT2D eigenvalue weighted by atomic mass is 10.1. The number of aromatic amines is 1. The number of fused-ring (bicyclic) bond motifs is 1. The standard InChI is InChI=1S/C15H20N2O2/c1-10-12-9-11(18-2)3-4-13(12)17-15(10)14-5-6-16-7-8-19-14/h3-4,9,14,16-17H,5-8H2,1-2H3.